The quantitative estimate of drug-likeness (QED) is 0.646. The third-order valence-electron chi connectivity index (χ3n) is 4.26. The molecule has 3 heteroatoms. The van der Waals surface area contributed by atoms with Gasteiger partial charge in [-0.15, -0.1) is 11.3 Å². The van der Waals surface area contributed by atoms with Crippen LogP contribution < -0.4 is 5.32 Å². The fourth-order valence-corrected chi connectivity index (χ4v) is 3.51. The second kappa shape index (κ2) is 6.55. The molecule has 3 rings (SSSR count). The zero-order valence-corrected chi connectivity index (χ0v) is 14.9. The number of nitrogens with one attached hydrogen (secondary N) is 1. The number of thiazole rings is 1. The van der Waals surface area contributed by atoms with E-state index in [1.807, 2.05) is 6.07 Å². The van der Waals surface area contributed by atoms with Crippen molar-refractivity contribution in [2.45, 2.75) is 33.7 Å². The minimum atomic E-state index is 0.246. The number of hydrogen-bond donors (Lipinski definition) is 1. The van der Waals surface area contributed by atoms with Crippen LogP contribution in [0.25, 0.3) is 11.3 Å². The number of hydrogen-bond acceptors (Lipinski definition) is 3. The molecular weight excluding hydrogens is 300 g/mol. The summed E-state index contributed by atoms with van der Waals surface area (Å²) in [4.78, 5) is 4.78. The van der Waals surface area contributed by atoms with Crippen molar-refractivity contribution in [2.75, 3.05) is 5.32 Å². The first-order valence-electron chi connectivity index (χ1n) is 7.90. The SMILES string of the molecule is Cc1cc(C)c(-c2csc(N[C@H](C)c3ccccc3)n2)cc1C. The van der Waals surface area contributed by atoms with E-state index in [-0.39, 0.29) is 6.04 Å². The summed E-state index contributed by atoms with van der Waals surface area (Å²) in [6.07, 6.45) is 0. The molecule has 0 bridgehead atoms. The van der Waals surface area contributed by atoms with E-state index in [9.17, 15) is 0 Å². The Balaban J connectivity index is 1.82. The minimum Gasteiger partial charge on any atom is -0.355 e. The molecule has 0 aliphatic rings. The van der Waals surface area contributed by atoms with Gasteiger partial charge in [-0.05, 0) is 56.0 Å². The third kappa shape index (κ3) is 3.45. The van der Waals surface area contributed by atoms with Gasteiger partial charge in [0.25, 0.3) is 0 Å². The highest BCUT2D eigenvalue weighted by atomic mass is 32.1. The van der Waals surface area contributed by atoms with Crippen molar-refractivity contribution >= 4 is 16.5 Å². The van der Waals surface area contributed by atoms with Gasteiger partial charge >= 0.3 is 0 Å². The Labute approximate surface area is 142 Å². The lowest BCUT2D eigenvalue weighted by molar-refractivity contribution is 0.882. The summed E-state index contributed by atoms with van der Waals surface area (Å²) in [5.41, 5.74) is 7.47. The van der Waals surface area contributed by atoms with Gasteiger partial charge in [0.05, 0.1) is 11.7 Å². The molecule has 2 nitrogen and oxygen atoms in total. The highest BCUT2D eigenvalue weighted by molar-refractivity contribution is 7.14. The molecule has 0 fully saturated rings. The zero-order chi connectivity index (χ0) is 16.4. The Morgan fingerprint density at radius 2 is 1.65 bits per heavy atom. The highest BCUT2D eigenvalue weighted by Crippen LogP contribution is 2.30. The number of aromatic nitrogens is 1. The smallest absolute Gasteiger partial charge is 0.183 e. The van der Waals surface area contributed by atoms with Crippen molar-refractivity contribution in [2.24, 2.45) is 0 Å². The van der Waals surface area contributed by atoms with E-state index in [0.717, 1.165) is 10.8 Å². The molecule has 118 valence electrons. The van der Waals surface area contributed by atoms with Gasteiger partial charge in [-0.1, -0.05) is 36.4 Å². The summed E-state index contributed by atoms with van der Waals surface area (Å²) >= 11 is 1.66. The van der Waals surface area contributed by atoms with Gasteiger partial charge in [-0.25, -0.2) is 4.98 Å². The van der Waals surface area contributed by atoms with Crippen LogP contribution in [0.4, 0.5) is 5.13 Å². The van der Waals surface area contributed by atoms with Crippen LogP contribution in [0.15, 0.2) is 47.8 Å². The molecule has 0 unspecified atom stereocenters. The monoisotopic (exact) mass is 322 g/mol. The lowest BCUT2D eigenvalue weighted by Gasteiger charge is -2.13. The molecule has 1 heterocycles. The summed E-state index contributed by atoms with van der Waals surface area (Å²) in [5, 5.41) is 6.60. The predicted molar refractivity (Wildman–Crippen MR) is 100 cm³/mol. The highest BCUT2D eigenvalue weighted by Gasteiger charge is 2.11. The van der Waals surface area contributed by atoms with Gasteiger partial charge in [0.1, 0.15) is 0 Å². The van der Waals surface area contributed by atoms with Crippen LogP contribution in [0.1, 0.15) is 35.2 Å². The summed E-state index contributed by atoms with van der Waals surface area (Å²) in [6.45, 7) is 8.63. The first-order chi connectivity index (χ1) is 11.0. The summed E-state index contributed by atoms with van der Waals surface area (Å²) in [5.74, 6) is 0. The van der Waals surface area contributed by atoms with Crippen LogP contribution in [0, 0.1) is 20.8 Å². The fraction of sp³-hybridized carbons (Fsp3) is 0.250. The molecule has 3 aromatic rings. The van der Waals surface area contributed by atoms with Crippen LogP contribution in [0.2, 0.25) is 0 Å². The van der Waals surface area contributed by atoms with Crippen LogP contribution in [0.5, 0.6) is 0 Å². The largest absolute Gasteiger partial charge is 0.355 e. The van der Waals surface area contributed by atoms with Crippen molar-refractivity contribution in [3.05, 3.63) is 70.1 Å². The van der Waals surface area contributed by atoms with Crippen molar-refractivity contribution in [1.82, 2.24) is 4.98 Å². The van der Waals surface area contributed by atoms with Crippen LogP contribution >= 0.6 is 11.3 Å². The van der Waals surface area contributed by atoms with E-state index < -0.39 is 0 Å². The van der Waals surface area contributed by atoms with Gasteiger partial charge in [0.15, 0.2) is 5.13 Å². The Hall–Kier alpha value is -2.13. The maximum atomic E-state index is 4.78. The predicted octanol–water partition coefficient (Wildman–Crippen LogP) is 5.91. The fourth-order valence-electron chi connectivity index (χ4n) is 2.71. The molecule has 23 heavy (non-hydrogen) atoms. The first kappa shape index (κ1) is 15.8. The number of anilines is 1. The minimum absolute atomic E-state index is 0.246. The molecule has 0 aliphatic carbocycles. The second-order valence-corrected chi connectivity index (χ2v) is 6.92. The maximum absolute atomic E-state index is 4.78. The molecule has 2 aromatic carbocycles. The number of rotatable bonds is 4. The average Bonchev–Trinajstić information content (AvgIpc) is 3.00. The van der Waals surface area contributed by atoms with Crippen LogP contribution in [-0.4, -0.2) is 4.98 Å². The molecule has 0 saturated heterocycles. The number of aryl methyl sites for hydroxylation is 3. The lowest BCUT2D eigenvalue weighted by atomic mass is 9.99. The van der Waals surface area contributed by atoms with Crippen LogP contribution in [0.3, 0.4) is 0 Å². The van der Waals surface area contributed by atoms with Crippen molar-refractivity contribution in [3.63, 3.8) is 0 Å². The van der Waals surface area contributed by atoms with Crippen molar-refractivity contribution in [3.8, 4) is 11.3 Å². The molecule has 1 aromatic heterocycles. The van der Waals surface area contributed by atoms with Crippen molar-refractivity contribution in [1.29, 1.82) is 0 Å². The Bertz CT molecular complexity index is 806. The Morgan fingerprint density at radius 1 is 0.957 bits per heavy atom. The van der Waals surface area contributed by atoms with Gasteiger partial charge < -0.3 is 5.32 Å². The molecule has 0 amide bonds. The molecule has 0 radical (unpaired) electrons. The molecule has 0 spiro atoms. The maximum Gasteiger partial charge on any atom is 0.183 e. The topological polar surface area (TPSA) is 24.9 Å². The van der Waals surface area contributed by atoms with E-state index in [0.29, 0.717) is 0 Å². The zero-order valence-electron chi connectivity index (χ0n) is 14.1. The van der Waals surface area contributed by atoms with Gasteiger partial charge in [-0.3, -0.25) is 0 Å². The second-order valence-electron chi connectivity index (χ2n) is 6.07. The summed E-state index contributed by atoms with van der Waals surface area (Å²) in [7, 11) is 0. The van der Waals surface area contributed by atoms with E-state index in [1.54, 1.807) is 11.3 Å². The van der Waals surface area contributed by atoms with Crippen LogP contribution in [-0.2, 0) is 0 Å². The van der Waals surface area contributed by atoms with Gasteiger partial charge in [0.2, 0.25) is 0 Å². The average molecular weight is 322 g/mol. The Morgan fingerprint density at radius 3 is 2.39 bits per heavy atom. The standard InChI is InChI=1S/C20H22N2S/c1-13-10-15(3)18(11-14(13)2)19-12-23-20(22-19)21-16(4)17-8-6-5-7-9-17/h5-12,16H,1-4H3,(H,21,22)/t16-/m1/s1. The third-order valence-corrected chi connectivity index (χ3v) is 5.03. The lowest BCUT2D eigenvalue weighted by Crippen LogP contribution is -2.05. The summed E-state index contributed by atoms with van der Waals surface area (Å²) in [6, 6.07) is 15.2. The normalized spacial score (nSPS) is 12.2. The Kier molecular flexibility index (Phi) is 4.49. The van der Waals surface area contributed by atoms with Crippen molar-refractivity contribution < 1.29 is 0 Å². The van der Waals surface area contributed by atoms with E-state index >= 15 is 0 Å². The molecule has 0 aliphatic heterocycles. The number of benzene rings is 2. The molecule has 0 saturated carbocycles. The van der Waals surface area contributed by atoms with Gasteiger partial charge in [0, 0.05) is 10.9 Å². The van der Waals surface area contributed by atoms with E-state index in [4.69, 9.17) is 4.98 Å². The summed E-state index contributed by atoms with van der Waals surface area (Å²) < 4.78 is 0. The molecular formula is C20H22N2S. The first-order valence-corrected chi connectivity index (χ1v) is 8.78. The van der Waals surface area contributed by atoms with Gasteiger partial charge in [-0.2, -0.15) is 0 Å². The molecule has 1 N–H and O–H groups in total. The van der Waals surface area contributed by atoms with E-state index in [2.05, 4.69) is 74.8 Å². The number of nitrogens with zero attached hydrogens (tertiary/aromatic N) is 1. The molecule has 1 atom stereocenters. The van der Waals surface area contributed by atoms with E-state index in [1.165, 1.54) is 27.8 Å².